The van der Waals surface area contributed by atoms with E-state index in [9.17, 15) is 0 Å². The van der Waals surface area contributed by atoms with Crippen molar-refractivity contribution in [2.24, 2.45) is 0 Å². The summed E-state index contributed by atoms with van der Waals surface area (Å²) in [6.07, 6.45) is 8.22. The van der Waals surface area contributed by atoms with E-state index in [1.807, 2.05) is 0 Å². The molecule has 0 saturated heterocycles. The van der Waals surface area contributed by atoms with Crippen LogP contribution in [0.15, 0.2) is 57.9 Å². The van der Waals surface area contributed by atoms with Gasteiger partial charge in [-0.3, -0.25) is 0 Å². The Morgan fingerprint density at radius 2 is 1.24 bits per heavy atom. The van der Waals surface area contributed by atoms with Gasteiger partial charge in [0.25, 0.3) is 0 Å². The van der Waals surface area contributed by atoms with Crippen LogP contribution in [0.4, 0.5) is 0 Å². The summed E-state index contributed by atoms with van der Waals surface area (Å²) in [7, 11) is -2.59. The van der Waals surface area contributed by atoms with Crippen molar-refractivity contribution in [1.82, 2.24) is 0 Å². The van der Waals surface area contributed by atoms with Gasteiger partial charge in [-0.05, 0) is 0 Å². The Labute approximate surface area is 202 Å². The molecule has 0 saturated carbocycles. The number of allylic oxidation sites excluding steroid dienone is 4. The maximum atomic E-state index is 2.60. The normalized spacial score (nSPS) is 15.0. The molecule has 0 aromatic heterocycles. The molecule has 29 heavy (non-hydrogen) atoms. The van der Waals surface area contributed by atoms with Gasteiger partial charge in [0.05, 0.1) is 0 Å². The van der Waals surface area contributed by atoms with Crippen molar-refractivity contribution < 1.29 is 48.0 Å². The molecule has 0 spiro atoms. The summed E-state index contributed by atoms with van der Waals surface area (Å²) in [6, 6.07) is 14.9. The Hall–Kier alpha value is -0.183. The standard InChI is InChI=1S/C19H25Si2.C5H5.2ClH.Zr/c1-20(2,3)16-7-9-18-14(12-16)11-15-13-17(21(4,5)6)8-10-19(15)18;1-2-4-5-3-1;;;/h7-13H,1-6H3;1-3H,4H2;2*1H;/q;;;;+2/p-2. The van der Waals surface area contributed by atoms with Gasteiger partial charge in [0, 0.05) is 0 Å². The van der Waals surface area contributed by atoms with Gasteiger partial charge in [0.1, 0.15) is 0 Å². The first-order chi connectivity index (χ1) is 12.6. The van der Waals surface area contributed by atoms with Crippen LogP contribution in [-0.2, 0) is 23.2 Å². The van der Waals surface area contributed by atoms with Crippen molar-refractivity contribution in [1.29, 1.82) is 0 Å². The maximum absolute atomic E-state index is 2.60. The van der Waals surface area contributed by atoms with Crippen molar-refractivity contribution in [3.63, 3.8) is 0 Å². The average molecular weight is 537 g/mol. The van der Waals surface area contributed by atoms with Crippen molar-refractivity contribution in [3.8, 4) is 11.1 Å². The first-order valence-corrected chi connectivity index (χ1v) is 19.7. The summed E-state index contributed by atoms with van der Waals surface area (Å²) in [5, 5.41) is 3.23. The van der Waals surface area contributed by atoms with E-state index in [0.29, 0.717) is 3.63 Å². The SMILES string of the molecule is C[Si](C)(C)c1ccc2c(c1)[CH]([Zr+2][C]1=CC=CC1)c1cc([Si](C)(C)C)ccc1-2.[Cl-].[Cl-]. The van der Waals surface area contributed by atoms with Crippen LogP contribution in [0.2, 0.25) is 39.3 Å². The molecular formula is C24H30Cl2Si2Zr. The number of hydrogen-bond acceptors (Lipinski definition) is 0. The van der Waals surface area contributed by atoms with Crippen LogP contribution in [0.3, 0.4) is 0 Å². The summed E-state index contributed by atoms with van der Waals surface area (Å²) < 4.78 is 2.44. The second kappa shape index (κ2) is 9.13. The molecule has 0 aliphatic heterocycles. The van der Waals surface area contributed by atoms with Crippen LogP contribution in [0.25, 0.3) is 11.1 Å². The van der Waals surface area contributed by atoms with E-state index in [4.69, 9.17) is 0 Å². The maximum Gasteiger partial charge on any atom is -1.00 e. The van der Waals surface area contributed by atoms with E-state index in [2.05, 4.69) is 93.9 Å². The zero-order chi connectivity index (χ0) is 19.4. The Morgan fingerprint density at radius 3 is 1.62 bits per heavy atom. The molecule has 0 nitrogen and oxygen atoms in total. The molecule has 0 unspecified atom stereocenters. The van der Waals surface area contributed by atoms with E-state index in [0.717, 1.165) is 0 Å². The first-order valence-electron chi connectivity index (χ1n) is 10.1. The molecule has 4 rings (SSSR count). The molecule has 152 valence electrons. The Morgan fingerprint density at radius 1 is 0.759 bits per heavy atom. The van der Waals surface area contributed by atoms with Gasteiger partial charge in [-0.2, -0.15) is 0 Å². The van der Waals surface area contributed by atoms with E-state index >= 15 is 0 Å². The molecule has 2 aromatic carbocycles. The molecule has 5 heteroatoms. The molecule has 0 N–H and O–H groups in total. The topological polar surface area (TPSA) is 0 Å². The van der Waals surface area contributed by atoms with Gasteiger partial charge in [-0.15, -0.1) is 0 Å². The van der Waals surface area contributed by atoms with Gasteiger partial charge in [-0.25, -0.2) is 0 Å². The van der Waals surface area contributed by atoms with Crippen LogP contribution in [-0.4, -0.2) is 16.1 Å². The largest absolute Gasteiger partial charge is 1.00 e. The zero-order valence-electron chi connectivity index (χ0n) is 18.2. The fourth-order valence-electron chi connectivity index (χ4n) is 4.09. The summed E-state index contributed by atoms with van der Waals surface area (Å²) in [5.74, 6) is 0. The van der Waals surface area contributed by atoms with E-state index in [-0.39, 0.29) is 24.8 Å². The fraction of sp³-hybridized carbons (Fsp3) is 0.333. The first kappa shape index (κ1) is 25.1. The third-order valence-electron chi connectivity index (χ3n) is 5.85. The molecule has 2 aromatic rings. The number of rotatable bonds is 4. The minimum Gasteiger partial charge on any atom is -1.00 e. The van der Waals surface area contributed by atoms with E-state index in [1.54, 1.807) is 24.8 Å². The number of fused-ring (bicyclic) bond motifs is 3. The van der Waals surface area contributed by atoms with Gasteiger partial charge in [0.15, 0.2) is 0 Å². The molecule has 0 fully saturated rings. The molecule has 2 aliphatic rings. The number of halogens is 2. The molecule has 0 atom stereocenters. The van der Waals surface area contributed by atoms with Crippen LogP contribution < -0.4 is 35.2 Å². The molecule has 0 amide bonds. The predicted octanol–water partition coefficient (Wildman–Crippen LogP) is -0.219. The van der Waals surface area contributed by atoms with Crippen molar-refractivity contribution in [3.05, 3.63) is 69.0 Å². The van der Waals surface area contributed by atoms with Gasteiger partial charge in [-0.1, -0.05) is 0 Å². The van der Waals surface area contributed by atoms with Gasteiger partial charge >= 0.3 is 179 Å². The average Bonchev–Trinajstić information content (AvgIpc) is 3.20. The summed E-state index contributed by atoms with van der Waals surface area (Å²) in [6.45, 7) is 14.8. The number of benzene rings is 2. The molecule has 0 bridgehead atoms. The second-order valence-electron chi connectivity index (χ2n) is 10.0. The van der Waals surface area contributed by atoms with Gasteiger partial charge < -0.3 is 24.8 Å². The van der Waals surface area contributed by atoms with Crippen LogP contribution >= 0.6 is 0 Å². The third kappa shape index (κ3) is 5.01. The molecule has 0 heterocycles. The van der Waals surface area contributed by atoms with Gasteiger partial charge in [0.2, 0.25) is 0 Å². The third-order valence-corrected chi connectivity index (χ3v) is 14.0. The summed E-state index contributed by atoms with van der Waals surface area (Å²) >= 11 is -0.681. The van der Waals surface area contributed by atoms with Crippen LogP contribution in [0, 0.1) is 0 Å². The van der Waals surface area contributed by atoms with Crippen LogP contribution in [0.5, 0.6) is 0 Å². The number of hydrogen-bond donors (Lipinski definition) is 0. The zero-order valence-corrected chi connectivity index (χ0v) is 24.2. The van der Waals surface area contributed by atoms with Crippen molar-refractivity contribution >= 4 is 26.5 Å². The van der Waals surface area contributed by atoms with Crippen molar-refractivity contribution in [2.75, 3.05) is 0 Å². The second-order valence-corrected chi connectivity index (χ2v) is 23.9. The molecule has 0 radical (unpaired) electrons. The minimum absolute atomic E-state index is 0. The Balaban J connectivity index is 0.00000150. The predicted molar refractivity (Wildman–Crippen MR) is 122 cm³/mol. The summed E-state index contributed by atoms with van der Waals surface area (Å²) in [4.78, 5) is 0. The smallest absolute Gasteiger partial charge is 1.00 e. The van der Waals surface area contributed by atoms with Crippen LogP contribution in [0.1, 0.15) is 21.2 Å². The summed E-state index contributed by atoms with van der Waals surface area (Å²) in [5.41, 5.74) is 6.34. The quantitative estimate of drug-likeness (QED) is 0.475. The van der Waals surface area contributed by atoms with Crippen molar-refractivity contribution in [2.45, 2.75) is 49.3 Å². The monoisotopic (exact) mass is 534 g/mol. The molecular weight excluding hydrogens is 507 g/mol. The Kier molecular flexibility index (Phi) is 7.89. The Bertz CT molecular complexity index is 902. The molecule has 2 aliphatic carbocycles. The minimum atomic E-state index is -1.30. The van der Waals surface area contributed by atoms with E-state index in [1.165, 1.54) is 17.5 Å². The fourth-order valence-corrected chi connectivity index (χ4v) is 10.3. The van der Waals surface area contributed by atoms with E-state index < -0.39 is 39.4 Å².